The van der Waals surface area contributed by atoms with Gasteiger partial charge in [0.2, 0.25) is 5.75 Å². The van der Waals surface area contributed by atoms with Gasteiger partial charge in [-0.1, -0.05) is 0 Å². The topological polar surface area (TPSA) is 73.6 Å². The lowest BCUT2D eigenvalue weighted by Crippen LogP contribution is -2.38. The molecule has 6 nitrogen and oxygen atoms in total. The van der Waals surface area contributed by atoms with E-state index in [4.69, 9.17) is 4.74 Å². The predicted octanol–water partition coefficient (Wildman–Crippen LogP) is 3.57. The van der Waals surface area contributed by atoms with Crippen LogP contribution in [0.4, 0.5) is 20.2 Å². The minimum Gasteiger partial charge on any atom is -0.427 e. The maximum atomic E-state index is 12.4. The first-order valence-corrected chi connectivity index (χ1v) is 7.66. The van der Waals surface area contributed by atoms with Crippen LogP contribution in [0.15, 0.2) is 18.2 Å². The van der Waals surface area contributed by atoms with Crippen LogP contribution in [-0.4, -0.2) is 30.3 Å². The molecule has 23 heavy (non-hydrogen) atoms. The second kappa shape index (κ2) is 6.66. The van der Waals surface area contributed by atoms with Crippen LogP contribution in [0, 0.1) is 16.0 Å². The summed E-state index contributed by atoms with van der Waals surface area (Å²) in [6.07, 6.45) is 4.26. The summed E-state index contributed by atoms with van der Waals surface area (Å²) < 4.78 is 34.9. The summed E-state index contributed by atoms with van der Waals surface area (Å²) in [5.41, 5.74) is 0.0744. The third-order valence-corrected chi connectivity index (χ3v) is 4.51. The van der Waals surface area contributed by atoms with Crippen molar-refractivity contribution in [3.63, 3.8) is 0 Å². The van der Waals surface area contributed by atoms with Crippen molar-refractivity contribution in [1.82, 2.24) is 0 Å². The molecule has 1 aromatic rings. The molecule has 0 amide bonds. The third-order valence-electron chi connectivity index (χ3n) is 4.51. The van der Waals surface area contributed by atoms with Gasteiger partial charge in [-0.25, -0.2) is 0 Å². The Morgan fingerprint density at radius 1 is 1.35 bits per heavy atom. The number of hydrogen-bond acceptors (Lipinski definition) is 5. The zero-order valence-corrected chi connectivity index (χ0v) is 12.4. The van der Waals surface area contributed by atoms with Crippen LogP contribution < -0.4 is 10.1 Å². The number of hydrogen-bond donors (Lipinski definition) is 1. The van der Waals surface area contributed by atoms with Crippen molar-refractivity contribution < 1.29 is 23.2 Å². The first kappa shape index (κ1) is 15.9. The van der Waals surface area contributed by atoms with Crippen molar-refractivity contribution in [3.05, 3.63) is 28.3 Å². The van der Waals surface area contributed by atoms with Gasteiger partial charge < -0.3 is 14.8 Å². The largest absolute Gasteiger partial charge is 0.427 e. The Balaban J connectivity index is 1.78. The number of rotatable bonds is 5. The van der Waals surface area contributed by atoms with Crippen molar-refractivity contribution in [2.24, 2.45) is 5.92 Å². The average molecular weight is 328 g/mol. The second-order valence-electron chi connectivity index (χ2n) is 5.86. The van der Waals surface area contributed by atoms with Gasteiger partial charge in [-0.3, -0.25) is 10.1 Å². The summed E-state index contributed by atoms with van der Waals surface area (Å²) in [6.45, 7) is -2.36. The number of nitrogens with zero attached hydrogens (tertiary/aromatic N) is 1. The standard InChI is InChI=1S/C15H18F2N2O4/c16-15(17)23-14-8-9(4-5-12(14)19(20)21)18-11-2-1-3-13-10(11)6-7-22-13/h4-5,8,10-11,13,15,18H,1-3,6-7H2. The van der Waals surface area contributed by atoms with E-state index < -0.39 is 23.0 Å². The third kappa shape index (κ3) is 3.52. The fourth-order valence-corrected chi connectivity index (χ4v) is 3.51. The second-order valence-corrected chi connectivity index (χ2v) is 5.86. The Morgan fingerprint density at radius 3 is 2.91 bits per heavy atom. The van der Waals surface area contributed by atoms with E-state index in [0.29, 0.717) is 11.6 Å². The molecule has 8 heteroatoms. The van der Waals surface area contributed by atoms with Gasteiger partial charge in [0.15, 0.2) is 0 Å². The van der Waals surface area contributed by atoms with E-state index in [9.17, 15) is 18.9 Å². The molecule has 3 unspecified atom stereocenters. The highest BCUT2D eigenvalue weighted by molar-refractivity contribution is 5.58. The Kier molecular flexibility index (Phi) is 4.61. The number of nitro groups is 1. The molecule has 2 aliphatic rings. The maximum absolute atomic E-state index is 12.4. The number of nitro benzene ring substituents is 1. The Morgan fingerprint density at radius 2 is 2.17 bits per heavy atom. The van der Waals surface area contributed by atoms with Crippen LogP contribution in [0.2, 0.25) is 0 Å². The summed E-state index contributed by atoms with van der Waals surface area (Å²) in [5, 5.41) is 14.2. The quantitative estimate of drug-likeness (QED) is 0.661. The summed E-state index contributed by atoms with van der Waals surface area (Å²) in [6, 6.07) is 4.16. The van der Waals surface area contributed by atoms with Gasteiger partial charge in [0.25, 0.3) is 0 Å². The van der Waals surface area contributed by atoms with Crippen LogP contribution in [-0.2, 0) is 4.74 Å². The van der Waals surface area contributed by atoms with E-state index in [1.807, 2.05) is 0 Å². The number of benzene rings is 1. The molecule has 0 aromatic heterocycles. The lowest BCUT2D eigenvalue weighted by atomic mass is 9.81. The molecule has 1 saturated heterocycles. The first-order valence-electron chi connectivity index (χ1n) is 7.66. The zero-order valence-electron chi connectivity index (χ0n) is 12.4. The van der Waals surface area contributed by atoms with Crippen LogP contribution in [0.3, 0.4) is 0 Å². The highest BCUT2D eigenvalue weighted by atomic mass is 19.3. The Bertz CT molecular complexity index is 585. The van der Waals surface area contributed by atoms with E-state index in [2.05, 4.69) is 10.1 Å². The Labute approximate surface area is 131 Å². The van der Waals surface area contributed by atoms with E-state index in [-0.39, 0.29) is 12.1 Å². The number of anilines is 1. The molecule has 126 valence electrons. The van der Waals surface area contributed by atoms with Gasteiger partial charge in [-0.15, -0.1) is 0 Å². The number of fused-ring (bicyclic) bond motifs is 1. The van der Waals surface area contributed by atoms with Crippen LogP contribution in [0.5, 0.6) is 5.75 Å². The SMILES string of the molecule is O=[N+]([O-])c1ccc(NC2CCCC3OCCC23)cc1OC(F)F. The molecule has 0 bridgehead atoms. The molecule has 3 atom stereocenters. The molecule has 0 radical (unpaired) electrons. The number of nitrogens with one attached hydrogen (secondary N) is 1. The molecule has 1 N–H and O–H groups in total. The van der Waals surface area contributed by atoms with Crippen LogP contribution in [0.1, 0.15) is 25.7 Å². The van der Waals surface area contributed by atoms with E-state index >= 15 is 0 Å². The zero-order chi connectivity index (χ0) is 16.4. The molecule has 1 heterocycles. The molecule has 0 spiro atoms. The lowest BCUT2D eigenvalue weighted by molar-refractivity contribution is -0.386. The molecule has 3 rings (SSSR count). The monoisotopic (exact) mass is 328 g/mol. The molecule has 1 aromatic carbocycles. The van der Waals surface area contributed by atoms with E-state index in [0.717, 1.165) is 32.3 Å². The van der Waals surface area contributed by atoms with Crippen LogP contribution >= 0.6 is 0 Å². The van der Waals surface area contributed by atoms with Gasteiger partial charge in [-0.2, -0.15) is 8.78 Å². The van der Waals surface area contributed by atoms with Crippen molar-refractivity contribution in [1.29, 1.82) is 0 Å². The van der Waals surface area contributed by atoms with Crippen molar-refractivity contribution in [2.45, 2.75) is 44.4 Å². The molecule has 1 aliphatic carbocycles. The number of alkyl halides is 2. The number of halogens is 2. The molecular formula is C15H18F2N2O4. The van der Waals surface area contributed by atoms with Gasteiger partial charge in [-0.05, 0) is 31.7 Å². The van der Waals surface area contributed by atoms with E-state index in [1.54, 1.807) is 0 Å². The minimum absolute atomic E-state index is 0.178. The van der Waals surface area contributed by atoms with Gasteiger partial charge in [0.05, 0.1) is 11.0 Å². The summed E-state index contributed by atoms with van der Waals surface area (Å²) in [4.78, 5) is 10.2. The van der Waals surface area contributed by atoms with Crippen molar-refractivity contribution in [3.8, 4) is 5.75 Å². The molecule has 2 fully saturated rings. The predicted molar refractivity (Wildman–Crippen MR) is 78.8 cm³/mol. The van der Waals surface area contributed by atoms with Crippen LogP contribution in [0.25, 0.3) is 0 Å². The summed E-state index contributed by atoms with van der Waals surface area (Å²) in [5.74, 6) is -0.0385. The number of ether oxygens (including phenoxy) is 2. The average Bonchev–Trinajstić information content (AvgIpc) is 2.96. The highest BCUT2D eigenvalue weighted by Crippen LogP contribution is 2.37. The molecular weight excluding hydrogens is 310 g/mol. The minimum atomic E-state index is -3.11. The molecule has 1 aliphatic heterocycles. The fourth-order valence-electron chi connectivity index (χ4n) is 3.51. The highest BCUT2D eigenvalue weighted by Gasteiger charge is 2.37. The lowest BCUT2D eigenvalue weighted by Gasteiger charge is -2.33. The van der Waals surface area contributed by atoms with Crippen molar-refractivity contribution in [2.75, 3.05) is 11.9 Å². The summed E-state index contributed by atoms with van der Waals surface area (Å²) >= 11 is 0. The maximum Gasteiger partial charge on any atom is 0.387 e. The summed E-state index contributed by atoms with van der Waals surface area (Å²) in [7, 11) is 0. The van der Waals surface area contributed by atoms with Gasteiger partial charge in [0.1, 0.15) is 0 Å². The normalized spacial score (nSPS) is 26.8. The van der Waals surface area contributed by atoms with Gasteiger partial charge in [0, 0.05) is 36.4 Å². The van der Waals surface area contributed by atoms with Gasteiger partial charge >= 0.3 is 12.3 Å². The smallest absolute Gasteiger partial charge is 0.387 e. The van der Waals surface area contributed by atoms with Crippen molar-refractivity contribution >= 4 is 11.4 Å². The first-order chi connectivity index (χ1) is 11.0. The van der Waals surface area contributed by atoms with E-state index in [1.165, 1.54) is 18.2 Å². The fraction of sp³-hybridized carbons (Fsp3) is 0.600. The molecule has 1 saturated carbocycles. The Hall–Kier alpha value is -1.96.